The Kier molecular flexibility index (Phi) is 5.73. The summed E-state index contributed by atoms with van der Waals surface area (Å²) >= 11 is 0. The molecule has 3 aromatic rings. The van der Waals surface area contributed by atoms with E-state index in [0.717, 1.165) is 10.1 Å². The summed E-state index contributed by atoms with van der Waals surface area (Å²) in [6.07, 6.45) is 0.590. The lowest BCUT2D eigenvalue weighted by Gasteiger charge is -2.21. The molecule has 3 N–H and O–H groups in total. The fourth-order valence-electron chi connectivity index (χ4n) is 3.00. The number of anilines is 3. The molecule has 0 spiro atoms. The molecule has 0 aliphatic heterocycles. The van der Waals surface area contributed by atoms with Crippen LogP contribution in [-0.2, 0) is 10.0 Å². The van der Waals surface area contributed by atoms with Crippen LogP contribution in [0.2, 0.25) is 0 Å². The fraction of sp³-hybridized carbons (Fsp3) is 0.300. The first-order chi connectivity index (χ1) is 14.1. The van der Waals surface area contributed by atoms with Gasteiger partial charge in [0, 0.05) is 14.1 Å². The van der Waals surface area contributed by atoms with Gasteiger partial charge < -0.3 is 20.2 Å². The number of sulfonamides is 1. The molecule has 30 heavy (non-hydrogen) atoms. The van der Waals surface area contributed by atoms with E-state index in [9.17, 15) is 23.1 Å². The smallest absolute Gasteiger partial charge is 0.253 e. The van der Waals surface area contributed by atoms with Crippen molar-refractivity contribution in [3.05, 3.63) is 62.3 Å². The van der Waals surface area contributed by atoms with Gasteiger partial charge in [-0.25, -0.2) is 12.7 Å². The molecule has 1 atom stereocenters. The van der Waals surface area contributed by atoms with E-state index in [1.165, 1.54) is 32.3 Å². The van der Waals surface area contributed by atoms with E-state index in [0.29, 0.717) is 12.2 Å². The van der Waals surface area contributed by atoms with Crippen LogP contribution in [0, 0.1) is 6.92 Å². The molecular weight excluding hydrogens is 410 g/mol. The number of furan rings is 1. The maximum absolute atomic E-state index is 12.4. The van der Waals surface area contributed by atoms with Gasteiger partial charge in [0.2, 0.25) is 10.0 Å². The third-order valence-corrected chi connectivity index (χ3v) is 6.61. The maximum Gasteiger partial charge on any atom is 0.253 e. The monoisotopic (exact) mass is 433 g/mol. The van der Waals surface area contributed by atoms with Crippen molar-refractivity contribution >= 4 is 27.1 Å². The largest absolute Gasteiger partial charge is 0.504 e. The average molecular weight is 433 g/mol. The van der Waals surface area contributed by atoms with Gasteiger partial charge in [-0.1, -0.05) is 13.0 Å². The number of nitrogens with one attached hydrogen (secondary N) is 2. The lowest BCUT2D eigenvalue weighted by atomic mass is 10.1. The van der Waals surface area contributed by atoms with Crippen molar-refractivity contribution in [1.82, 2.24) is 4.31 Å². The minimum absolute atomic E-state index is 0.00466. The summed E-state index contributed by atoms with van der Waals surface area (Å²) in [5.41, 5.74) is -1.45. The number of hydrogen-bond donors (Lipinski definition) is 3. The van der Waals surface area contributed by atoms with Gasteiger partial charge in [0.25, 0.3) is 10.9 Å². The number of phenolic OH excluding ortho intramolecular Hbond substituents is 1. The number of phenols is 1. The van der Waals surface area contributed by atoms with Crippen LogP contribution < -0.4 is 21.5 Å². The first-order valence-electron chi connectivity index (χ1n) is 9.25. The second kappa shape index (κ2) is 7.96. The number of rotatable bonds is 8. The summed E-state index contributed by atoms with van der Waals surface area (Å²) in [5, 5.41) is 16.2. The van der Waals surface area contributed by atoms with E-state index in [1.807, 2.05) is 6.92 Å². The first-order valence-corrected chi connectivity index (χ1v) is 10.7. The zero-order chi connectivity index (χ0) is 22.2. The van der Waals surface area contributed by atoms with Crippen molar-refractivity contribution < 1.29 is 17.9 Å². The molecule has 0 amide bonds. The second-order valence-corrected chi connectivity index (χ2v) is 9.15. The van der Waals surface area contributed by atoms with Gasteiger partial charge in [0.1, 0.15) is 27.8 Å². The highest BCUT2D eigenvalue weighted by atomic mass is 32.2. The highest BCUT2D eigenvalue weighted by molar-refractivity contribution is 7.89. The Morgan fingerprint density at radius 3 is 2.33 bits per heavy atom. The number of aryl methyl sites for hydroxylation is 1. The molecule has 0 saturated heterocycles. The molecule has 9 nitrogen and oxygen atoms in total. The minimum Gasteiger partial charge on any atom is -0.504 e. The van der Waals surface area contributed by atoms with Crippen LogP contribution in [0.5, 0.6) is 5.75 Å². The van der Waals surface area contributed by atoms with E-state index in [1.54, 1.807) is 19.1 Å². The Labute approximate surface area is 173 Å². The van der Waals surface area contributed by atoms with Crippen LogP contribution in [0.1, 0.15) is 30.9 Å². The zero-order valence-electron chi connectivity index (χ0n) is 17.0. The summed E-state index contributed by atoms with van der Waals surface area (Å²) in [6.45, 7) is 3.70. The highest BCUT2D eigenvalue weighted by Gasteiger charge is 2.27. The van der Waals surface area contributed by atoms with Crippen LogP contribution in [0.3, 0.4) is 0 Å². The van der Waals surface area contributed by atoms with Gasteiger partial charge in [-0.2, -0.15) is 0 Å². The topological polar surface area (TPSA) is 129 Å². The molecule has 3 rings (SSSR count). The van der Waals surface area contributed by atoms with Crippen molar-refractivity contribution in [2.45, 2.75) is 31.2 Å². The zero-order valence-corrected chi connectivity index (χ0v) is 17.8. The molecule has 0 saturated carbocycles. The molecule has 0 fully saturated rings. The SMILES string of the molecule is CC[C@@H](Nc1c(Nc2cccc(S(=O)(=O)N(C)C)c2O)c(=O)c1=O)c1ccc(C)o1. The van der Waals surface area contributed by atoms with Gasteiger partial charge in [-0.3, -0.25) is 9.59 Å². The molecule has 0 aliphatic rings. The van der Waals surface area contributed by atoms with E-state index < -0.39 is 26.6 Å². The van der Waals surface area contributed by atoms with Gasteiger partial charge >= 0.3 is 0 Å². The van der Waals surface area contributed by atoms with Gasteiger partial charge in [-0.05, 0) is 37.6 Å². The molecule has 10 heteroatoms. The molecule has 2 aromatic carbocycles. The fourth-order valence-corrected chi connectivity index (χ4v) is 4.00. The predicted octanol–water partition coefficient (Wildman–Crippen LogP) is 2.45. The molecule has 1 heterocycles. The summed E-state index contributed by atoms with van der Waals surface area (Å²) in [4.78, 5) is 24.0. The summed E-state index contributed by atoms with van der Waals surface area (Å²) in [7, 11) is -1.22. The lowest BCUT2D eigenvalue weighted by molar-refractivity contribution is 0.452. The number of para-hydroxylation sites is 1. The van der Waals surface area contributed by atoms with Crippen molar-refractivity contribution in [1.29, 1.82) is 0 Å². The summed E-state index contributed by atoms with van der Waals surface area (Å²) < 4.78 is 31.3. The standard InChI is InChI=1S/C20H23N3O6S/c1-5-12(14-10-9-11(2)29-14)21-16-17(20(26)19(16)25)22-13-7-6-8-15(18(13)24)30(27,28)23(3)4/h6-10,12,21-22,24H,5H2,1-4H3/t12-/m1/s1. The van der Waals surface area contributed by atoms with Gasteiger partial charge in [-0.15, -0.1) is 0 Å². The summed E-state index contributed by atoms with van der Waals surface area (Å²) in [6, 6.07) is 7.35. The quantitative estimate of drug-likeness (QED) is 0.365. The van der Waals surface area contributed by atoms with Crippen molar-refractivity contribution in [3.63, 3.8) is 0 Å². The number of nitrogens with zero attached hydrogens (tertiary/aromatic N) is 1. The molecule has 0 bridgehead atoms. The van der Waals surface area contributed by atoms with Crippen LogP contribution >= 0.6 is 0 Å². The normalized spacial score (nSPS) is 13.0. The lowest BCUT2D eigenvalue weighted by Crippen LogP contribution is -2.37. The minimum atomic E-state index is -3.90. The van der Waals surface area contributed by atoms with Crippen molar-refractivity contribution in [2.75, 3.05) is 24.7 Å². The number of hydrogen-bond acceptors (Lipinski definition) is 8. The Hall–Kier alpha value is -3.11. The average Bonchev–Trinajstić information content (AvgIpc) is 3.14. The number of aromatic hydroxyl groups is 1. The highest BCUT2D eigenvalue weighted by Crippen LogP contribution is 2.35. The molecule has 160 valence electrons. The first kappa shape index (κ1) is 21.6. The Balaban J connectivity index is 1.94. The van der Waals surface area contributed by atoms with E-state index >= 15 is 0 Å². The van der Waals surface area contributed by atoms with Crippen LogP contribution in [-0.4, -0.2) is 31.9 Å². The summed E-state index contributed by atoms with van der Waals surface area (Å²) in [5.74, 6) is 0.798. The van der Waals surface area contributed by atoms with Crippen molar-refractivity contribution in [3.8, 4) is 5.75 Å². The Morgan fingerprint density at radius 1 is 1.10 bits per heavy atom. The number of benzene rings is 1. The van der Waals surface area contributed by atoms with E-state index in [2.05, 4.69) is 10.6 Å². The molecule has 0 radical (unpaired) electrons. The van der Waals surface area contributed by atoms with Gasteiger partial charge in [0.15, 0.2) is 5.75 Å². The predicted molar refractivity (Wildman–Crippen MR) is 114 cm³/mol. The Bertz CT molecular complexity index is 1250. The van der Waals surface area contributed by atoms with Crippen LogP contribution in [0.15, 0.2) is 49.2 Å². The van der Waals surface area contributed by atoms with E-state index in [-0.39, 0.29) is 28.0 Å². The Morgan fingerprint density at radius 2 is 1.77 bits per heavy atom. The third kappa shape index (κ3) is 3.71. The van der Waals surface area contributed by atoms with Crippen LogP contribution in [0.25, 0.3) is 0 Å². The van der Waals surface area contributed by atoms with Crippen LogP contribution in [0.4, 0.5) is 17.1 Å². The third-order valence-electron chi connectivity index (χ3n) is 4.76. The molecular formula is C20H23N3O6S. The molecule has 0 aliphatic carbocycles. The second-order valence-electron chi connectivity index (χ2n) is 7.03. The van der Waals surface area contributed by atoms with Gasteiger partial charge in [0.05, 0.1) is 11.7 Å². The molecule has 1 aromatic heterocycles. The maximum atomic E-state index is 12.4. The van der Waals surface area contributed by atoms with Crippen molar-refractivity contribution in [2.24, 2.45) is 0 Å². The van der Waals surface area contributed by atoms with E-state index in [4.69, 9.17) is 4.42 Å². The molecule has 0 unspecified atom stereocenters.